The van der Waals surface area contributed by atoms with Crippen LogP contribution < -0.4 is 5.32 Å². The first-order chi connectivity index (χ1) is 8.90. The van der Waals surface area contributed by atoms with Crippen LogP contribution in [0.2, 0.25) is 0 Å². The van der Waals surface area contributed by atoms with Crippen molar-refractivity contribution in [2.24, 2.45) is 4.99 Å². The van der Waals surface area contributed by atoms with Gasteiger partial charge in [-0.05, 0) is 17.5 Å². The minimum atomic E-state index is 0.0816. The summed E-state index contributed by atoms with van der Waals surface area (Å²) in [5, 5.41) is 3.41. The molecule has 0 unspecified atom stereocenters. The lowest BCUT2D eigenvalue weighted by Gasteiger charge is -2.28. The average molecular weight is 261 g/mol. The van der Waals surface area contributed by atoms with Gasteiger partial charge in [0.05, 0.1) is 0 Å². The van der Waals surface area contributed by atoms with Gasteiger partial charge in [0.1, 0.15) is 0 Å². The fraction of sp³-hybridized carbons (Fsp3) is 0.562. The Bertz CT molecular complexity index is 416. The van der Waals surface area contributed by atoms with Gasteiger partial charge >= 0.3 is 0 Å². The molecule has 0 saturated carbocycles. The number of nitrogens with one attached hydrogen (secondary N) is 1. The van der Waals surface area contributed by atoms with E-state index < -0.39 is 0 Å². The van der Waals surface area contributed by atoms with E-state index in [1.165, 1.54) is 11.1 Å². The molecule has 3 nitrogen and oxygen atoms in total. The van der Waals surface area contributed by atoms with E-state index in [1.54, 1.807) is 0 Å². The number of aryl methyl sites for hydroxylation is 1. The van der Waals surface area contributed by atoms with Gasteiger partial charge in [-0.25, -0.2) is 0 Å². The number of guanidine groups is 1. The highest BCUT2D eigenvalue weighted by molar-refractivity contribution is 5.79. The Kier molecular flexibility index (Phi) is 5.40. The summed E-state index contributed by atoms with van der Waals surface area (Å²) in [6.07, 6.45) is 1.09. The zero-order valence-electron chi connectivity index (χ0n) is 13.1. The van der Waals surface area contributed by atoms with Gasteiger partial charge in [-0.3, -0.25) is 4.99 Å². The van der Waals surface area contributed by atoms with Gasteiger partial charge in [0.25, 0.3) is 0 Å². The number of nitrogens with zero attached hydrogens (tertiary/aromatic N) is 2. The van der Waals surface area contributed by atoms with Crippen LogP contribution >= 0.6 is 0 Å². The van der Waals surface area contributed by atoms with Crippen molar-refractivity contribution in [2.45, 2.75) is 32.6 Å². The molecule has 0 spiro atoms. The zero-order chi connectivity index (χ0) is 14.5. The Hall–Kier alpha value is -1.51. The molecule has 0 amide bonds. The SMILES string of the molecule is CCc1ccc(C(C)(C)CNC(=NC)N(C)C)cc1. The molecule has 0 aliphatic heterocycles. The smallest absolute Gasteiger partial charge is 0.193 e. The Morgan fingerprint density at radius 3 is 2.21 bits per heavy atom. The molecule has 1 aromatic rings. The van der Waals surface area contributed by atoms with E-state index in [2.05, 4.69) is 55.3 Å². The van der Waals surface area contributed by atoms with Gasteiger partial charge in [-0.15, -0.1) is 0 Å². The van der Waals surface area contributed by atoms with Crippen LogP contribution in [-0.4, -0.2) is 38.5 Å². The Balaban J connectivity index is 2.74. The van der Waals surface area contributed by atoms with Crippen molar-refractivity contribution in [3.63, 3.8) is 0 Å². The summed E-state index contributed by atoms with van der Waals surface area (Å²) < 4.78 is 0. The fourth-order valence-corrected chi connectivity index (χ4v) is 2.03. The maximum Gasteiger partial charge on any atom is 0.193 e. The highest BCUT2D eigenvalue weighted by atomic mass is 15.3. The molecule has 0 bridgehead atoms. The highest BCUT2D eigenvalue weighted by Crippen LogP contribution is 2.22. The third-order valence-corrected chi connectivity index (χ3v) is 3.47. The van der Waals surface area contributed by atoms with Crippen molar-refractivity contribution >= 4 is 5.96 Å². The summed E-state index contributed by atoms with van der Waals surface area (Å²) >= 11 is 0. The second kappa shape index (κ2) is 6.60. The Morgan fingerprint density at radius 1 is 1.21 bits per heavy atom. The molecule has 1 aromatic carbocycles. The summed E-state index contributed by atoms with van der Waals surface area (Å²) in [5.74, 6) is 0.915. The van der Waals surface area contributed by atoms with Crippen LogP contribution in [0.3, 0.4) is 0 Å². The van der Waals surface area contributed by atoms with Crippen LogP contribution in [0.1, 0.15) is 31.9 Å². The van der Waals surface area contributed by atoms with E-state index in [4.69, 9.17) is 0 Å². The molecule has 3 heteroatoms. The molecule has 0 heterocycles. The van der Waals surface area contributed by atoms with Gasteiger partial charge in [-0.2, -0.15) is 0 Å². The van der Waals surface area contributed by atoms with E-state index in [1.807, 2.05) is 26.0 Å². The normalized spacial score (nSPS) is 12.4. The standard InChI is InChI=1S/C16H27N3/c1-7-13-8-10-14(11-9-13)16(2,3)12-18-15(17-4)19(5)6/h8-11H,7,12H2,1-6H3,(H,17,18). The molecule has 19 heavy (non-hydrogen) atoms. The second-order valence-electron chi connectivity index (χ2n) is 5.73. The summed E-state index contributed by atoms with van der Waals surface area (Å²) in [4.78, 5) is 6.24. The van der Waals surface area contributed by atoms with E-state index in [0.717, 1.165) is 18.9 Å². The van der Waals surface area contributed by atoms with Crippen molar-refractivity contribution in [3.8, 4) is 0 Å². The molecular weight excluding hydrogens is 234 g/mol. The Labute approximate surface area is 117 Å². The predicted octanol–water partition coefficient (Wildman–Crippen LogP) is 2.66. The van der Waals surface area contributed by atoms with Gasteiger partial charge in [0.2, 0.25) is 0 Å². The first-order valence-corrected chi connectivity index (χ1v) is 6.88. The van der Waals surface area contributed by atoms with Gasteiger partial charge < -0.3 is 10.2 Å². The van der Waals surface area contributed by atoms with Crippen LogP contribution in [0.25, 0.3) is 0 Å². The summed E-state index contributed by atoms with van der Waals surface area (Å²) in [5.41, 5.74) is 2.82. The van der Waals surface area contributed by atoms with Gasteiger partial charge in [-0.1, -0.05) is 45.0 Å². The molecule has 0 saturated heterocycles. The number of rotatable bonds is 4. The molecule has 0 aliphatic carbocycles. The minimum Gasteiger partial charge on any atom is -0.355 e. The molecule has 0 radical (unpaired) electrons. The van der Waals surface area contributed by atoms with Gasteiger partial charge in [0, 0.05) is 33.1 Å². The second-order valence-corrected chi connectivity index (χ2v) is 5.73. The number of benzene rings is 1. The fourth-order valence-electron chi connectivity index (χ4n) is 2.03. The maximum atomic E-state index is 4.24. The van der Waals surface area contributed by atoms with Crippen molar-refractivity contribution in [3.05, 3.63) is 35.4 Å². The molecule has 0 atom stereocenters. The monoisotopic (exact) mass is 261 g/mol. The van der Waals surface area contributed by atoms with Crippen molar-refractivity contribution < 1.29 is 0 Å². The summed E-state index contributed by atoms with van der Waals surface area (Å²) in [6, 6.07) is 8.91. The van der Waals surface area contributed by atoms with E-state index in [9.17, 15) is 0 Å². The van der Waals surface area contributed by atoms with E-state index >= 15 is 0 Å². The van der Waals surface area contributed by atoms with E-state index in [0.29, 0.717) is 0 Å². The Morgan fingerprint density at radius 2 is 1.79 bits per heavy atom. The lowest BCUT2D eigenvalue weighted by atomic mass is 9.84. The van der Waals surface area contributed by atoms with Crippen LogP contribution in [0, 0.1) is 0 Å². The van der Waals surface area contributed by atoms with Crippen LogP contribution in [0.4, 0.5) is 0 Å². The van der Waals surface area contributed by atoms with Crippen molar-refractivity contribution in [1.29, 1.82) is 0 Å². The largest absolute Gasteiger partial charge is 0.355 e. The topological polar surface area (TPSA) is 27.6 Å². The molecule has 0 fully saturated rings. The maximum absolute atomic E-state index is 4.24. The average Bonchev–Trinajstić information content (AvgIpc) is 2.39. The lowest BCUT2D eigenvalue weighted by molar-refractivity contribution is 0.488. The van der Waals surface area contributed by atoms with E-state index in [-0.39, 0.29) is 5.41 Å². The van der Waals surface area contributed by atoms with Crippen LogP contribution in [0.5, 0.6) is 0 Å². The number of aliphatic imine (C=N–C) groups is 1. The first kappa shape index (κ1) is 15.5. The summed E-state index contributed by atoms with van der Waals surface area (Å²) in [6.45, 7) is 7.56. The first-order valence-electron chi connectivity index (χ1n) is 6.88. The molecule has 1 N–H and O–H groups in total. The highest BCUT2D eigenvalue weighted by Gasteiger charge is 2.21. The quantitative estimate of drug-likeness (QED) is 0.666. The molecule has 0 aliphatic rings. The lowest BCUT2D eigenvalue weighted by Crippen LogP contribution is -2.42. The zero-order valence-corrected chi connectivity index (χ0v) is 13.1. The van der Waals surface area contributed by atoms with Crippen molar-refractivity contribution in [2.75, 3.05) is 27.7 Å². The van der Waals surface area contributed by atoms with Crippen LogP contribution in [0.15, 0.2) is 29.3 Å². The molecular formula is C16H27N3. The molecule has 0 aromatic heterocycles. The third-order valence-electron chi connectivity index (χ3n) is 3.47. The van der Waals surface area contributed by atoms with Crippen molar-refractivity contribution in [1.82, 2.24) is 10.2 Å². The third kappa shape index (κ3) is 4.27. The number of hydrogen-bond donors (Lipinski definition) is 1. The van der Waals surface area contributed by atoms with Gasteiger partial charge in [0.15, 0.2) is 5.96 Å². The molecule has 1 rings (SSSR count). The van der Waals surface area contributed by atoms with Crippen LogP contribution in [-0.2, 0) is 11.8 Å². The summed E-state index contributed by atoms with van der Waals surface area (Å²) in [7, 11) is 5.81. The minimum absolute atomic E-state index is 0.0816. The number of hydrogen-bond acceptors (Lipinski definition) is 1. The molecule has 106 valence electrons. The predicted molar refractivity (Wildman–Crippen MR) is 83.9 cm³/mol.